The van der Waals surface area contributed by atoms with Crippen molar-refractivity contribution in [2.24, 2.45) is 5.73 Å². The zero-order valence-electron chi connectivity index (χ0n) is 18.7. The van der Waals surface area contributed by atoms with E-state index in [1.807, 2.05) is 42.5 Å². The SMILES string of the molecule is CCC1(CC)c2cc(C(N)=O)ccc2CCC1NCCCC(=O)OCc1ccccc1. The zero-order chi connectivity index (χ0) is 22.3. The summed E-state index contributed by atoms with van der Waals surface area (Å²) in [6.07, 6.45) is 5.13. The van der Waals surface area contributed by atoms with Gasteiger partial charge in [-0.3, -0.25) is 9.59 Å². The van der Waals surface area contributed by atoms with Gasteiger partial charge < -0.3 is 15.8 Å². The lowest BCUT2D eigenvalue weighted by molar-refractivity contribution is -0.145. The number of rotatable bonds is 10. The average molecular weight is 423 g/mol. The van der Waals surface area contributed by atoms with Crippen molar-refractivity contribution >= 4 is 11.9 Å². The summed E-state index contributed by atoms with van der Waals surface area (Å²) in [7, 11) is 0. The topological polar surface area (TPSA) is 81.4 Å². The summed E-state index contributed by atoms with van der Waals surface area (Å²) in [5, 5.41) is 3.71. The van der Waals surface area contributed by atoms with Crippen molar-refractivity contribution < 1.29 is 14.3 Å². The van der Waals surface area contributed by atoms with Crippen LogP contribution in [0.1, 0.15) is 73.0 Å². The van der Waals surface area contributed by atoms with E-state index >= 15 is 0 Å². The second-order valence-electron chi connectivity index (χ2n) is 8.39. The molecular formula is C26H34N2O3. The Labute approximate surface area is 185 Å². The molecule has 31 heavy (non-hydrogen) atoms. The van der Waals surface area contributed by atoms with Gasteiger partial charge in [0, 0.05) is 23.4 Å². The molecule has 0 aromatic heterocycles. The Morgan fingerprint density at radius 3 is 2.55 bits per heavy atom. The number of amides is 1. The first-order valence-corrected chi connectivity index (χ1v) is 11.4. The first-order valence-electron chi connectivity index (χ1n) is 11.4. The van der Waals surface area contributed by atoms with Crippen molar-refractivity contribution in [1.29, 1.82) is 0 Å². The Hall–Kier alpha value is -2.66. The summed E-state index contributed by atoms with van der Waals surface area (Å²) in [6, 6.07) is 15.9. The number of carbonyl (C=O) groups is 2. The van der Waals surface area contributed by atoms with E-state index in [9.17, 15) is 9.59 Å². The van der Waals surface area contributed by atoms with Gasteiger partial charge in [-0.2, -0.15) is 0 Å². The number of nitrogens with two attached hydrogens (primary N) is 1. The van der Waals surface area contributed by atoms with Gasteiger partial charge in [-0.1, -0.05) is 50.2 Å². The zero-order valence-corrected chi connectivity index (χ0v) is 18.7. The van der Waals surface area contributed by atoms with Gasteiger partial charge >= 0.3 is 5.97 Å². The lowest BCUT2D eigenvalue weighted by atomic mass is 9.63. The molecule has 0 heterocycles. The summed E-state index contributed by atoms with van der Waals surface area (Å²) in [4.78, 5) is 23.8. The van der Waals surface area contributed by atoms with Crippen molar-refractivity contribution in [3.63, 3.8) is 0 Å². The first kappa shape index (κ1) is 23.0. The van der Waals surface area contributed by atoms with Crippen molar-refractivity contribution in [3.8, 4) is 0 Å². The van der Waals surface area contributed by atoms with Gasteiger partial charge in [0.1, 0.15) is 6.61 Å². The molecule has 3 rings (SSSR count). The van der Waals surface area contributed by atoms with Gasteiger partial charge in [0.25, 0.3) is 0 Å². The molecule has 0 radical (unpaired) electrons. The molecule has 3 N–H and O–H groups in total. The fourth-order valence-corrected chi connectivity index (χ4v) is 4.92. The Morgan fingerprint density at radius 1 is 1.13 bits per heavy atom. The van der Waals surface area contributed by atoms with Gasteiger partial charge in [0.15, 0.2) is 0 Å². The van der Waals surface area contributed by atoms with Gasteiger partial charge in [-0.15, -0.1) is 0 Å². The molecule has 166 valence electrons. The van der Waals surface area contributed by atoms with E-state index < -0.39 is 0 Å². The molecule has 1 atom stereocenters. The highest BCUT2D eigenvalue weighted by Gasteiger charge is 2.41. The minimum atomic E-state index is -0.381. The predicted molar refractivity (Wildman–Crippen MR) is 123 cm³/mol. The molecule has 0 saturated heterocycles. The number of aryl methyl sites for hydroxylation is 1. The molecule has 1 aliphatic rings. The number of benzene rings is 2. The van der Waals surface area contributed by atoms with E-state index in [-0.39, 0.29) is 17.3 Å². The van der Waals surface area contributed by atoms with E-state index in [0.717, 1.165) is 44.2 Å². The third-order valence-electron chi connectivity index (χ3n) is 6.75. The van der Waals surface area contributed by atoms with Crippen molar-refractivity contribution in [3.05, 3.63) is 70.8 Å². The number of carbonyl (C=O) groups excluding carboxylic acids is 2. The maximum absolute atomic E-state index is 12.1. The molecule has 5 nitrogen and oxygen atoms in total. The smallest absolute Gasteiger partial charge is 0.306 e. The molecule has 2 aromatic carbocycles. The van der Waals surface area contributed by atoms with E-state index in [1.54, 1.807) is 0 Å². The highest BCUT2D eigenvalue weighted by molar-refractivity contribution is 5.93. The lowest BCUT2D eigenvalue weighted by Gasteiger charge is -2.45. The van der Waals surface area contributed by atoms with E-state index in [2.05, 4.69) is 25.2 Å². The maximum atomic E-state index is 12.1. The Kier molecular flexibility index (Phi) is 7.85. The van der Waals surface area contributed by atoms with Crippen LogP contribution in [0.4, 0.5) is 0 Å². The standard InChI is InChI=1S/C26H34N2O3/c1-3-26(4-2)22-17-21(25(27)30)13-12-20(22)14-15-23(26)28-16-8-11-24(29)31-18-19-9-6-5-7-10-19/h5-7,9-10,12-13,17,23,28H,3-4,8,11,14-16,18H2,1-2H3,(H2,27,30). The van der Waals surface area contributed by atoms with Crippen LogP contribution in [0, 0.1) is 0 Å². The minimum absolute atomic E-state index is 0.0349. The van der Waals surface area contributed by atoms with E-state index in [4.69, 9.17) is 10.5 Å². The molecular weight excluding hydrogens is 388 g/mol. The van der Waals surface area contributed by atoms with Crippen molar-refractivity contribution in [1.82, 2.24) is 5.32 Å². The highest BCUT2D eigenvalue weighted by atomic mass is 16.5. The summed E-state index contributed by atoms with van der Waals surface area (Å²) >= 11 is 0. The van der Waals surface area contributed by atoms with Crippen LogP contribution in [0.5, 0.6) is 0 Å². The predicted octanol–water partition coefficient (Wildman–Crippen LogP) is 4.27. The summed E-state index contributed by atoms with van der Waals surface area (Å²) in [5.74, 6) is -0.545. The van der Waals surface area contributed by atoms with E-state index in [1.165, 1.54) is 11.1 Å². The van der Waals surface area contributed by atoms with Crippen LogP contribution >= 0.6 is 0 Å². The third-order valence-corrected chi connectivity index (χ3v) is 6.75. The van der Waals surface area contributed by atoms with Gasteiger partial charge in [0.2, 0.25) is 5.91 Å². The van der Waals surface area contributed by atoms with Crippen LogP contribution in [0.3, 0.4) is 0 Å². The second kappa shape index (κ2) is 10.6. The fraction of sp³-hybridized carbons (Fsp3) is 0.462. The van der Waals surface area contributed by atoms with Crippen molar-refractivity contribution in [2.75, 3.05) is 6.54 Å². The second-order valence-corrected chi connectivity index (χ2v) is 8.39. The molecule has 0 bridgehead atoms. The molecule has 0 fully saturated rings. The van der Waals surface area contributed by atoms with Crippen LogP contribution in [0.2, 0.25) is 0 Å². The largest absolute Gasteiger partial charge is 0.461 e. The monoisotopic (exact) mass is 422 g/mol. The summed E-state index contributed by atoms with van der Waals surface area (Å²) in [5.41, 5.74) is 9.65. The molecule has 1 amide bonds. The molecule has 0 aliphatic heterocycles. The molecule has 1 aliphatic carbocycles. The Balaban J connectivity index is 1.56. The quantitative estimate of drug-likeness (QED) is 0.442. The number of nitrogens with one attached hydrogen (secondary N) is 1. The third kappa shape index (κ3) is 5.34. The number of esters is 1. The fourth-order valence-electron chi connectivity index (χ4n) is 4.92. The number of hydrogen-bond acceptors (Lipinski definition) is 4. The van der Waals surface area contributed by atoms with Crippen LogP contribution < -0.4 is 11.1 Å². The molecule has 0 saturated carbocycles. The molecule has 1 unspecified atom stereocenters. The van der Waals surface area contributed by atoms with Crippen LogP contribution in [0.15, 0.2) is 48.5 Å². The highest BCUT2D eigenvalue weighted by Crippen LogP contribution is 2.43. The van der Waals surface area contributed by atoms with Gasteiger partial charge in [-0.05, 0) is 67.5 Å². The normalized spacial score (nSPS) is 17.0. The lowest BCUT2D eigenvalue weighted by Crippen LogP contribution is -2.51. The molecule has 0 spiro atoms. The van der Waals surface area contributed by atoms with Gasteiger partial charge in [-0.25, -0.2) is 0 Å². The number of fused-ring (bicyclic) bond motifs is 1. The van der Waals surface area contributed by atoms with Crippen molar-refractivity contribution in [2.45, 2.75) is 70.4 Å². The number of primary amides is 1. The van der Waals surface area contributed by atoms with E-state index in [0.29, 0.717) is 24.6 Å². The molecule has 2 aromatic rings. The summed E-state index contributed by atoms with van der Waals surface area (Å²) < 4.78 is 5.38. The maximum Gasteiger partial charge on any atom is 0.306 e. The number of ether oxygens (including phenoxy) is 1. The van der Waals surface area contributed by atoms with Crippen LogP contribution in [-0.4, -0.2) is 24.5 Å². The van der Waals surface area contributed by atoms with Crippen LogP contribution in [-0.2, 0) is 28.0 Å². The Bertz CT molecular complexity index is 891. The average Bonchev–Trinajstić information content (AvgIpc) is 2.80. The van der Waals surface area contributed by atoms with Crippen LogP contribution in [0.25, 0.3) is 0 Å². The Morgan fingerprint density at radius 2 is 1.87 bits per heavy atom. The number of hydrogen-bond donors (Lipinski definition) is 2. The van der Waals surface area contributed by atoms with Gasteiger partial charge in [0.05, 0.1) is 0 Å². The summed E-state index contributed by atoms with van der Waals surface area (Å²) in [6.45, 7) is 5.51. The first-order chi connectivity index (χ1) is 15.0. The molecule has 5 heteroatoms. The minimum Gasteiger partial charge on any atom is -0.461 e.